The zero-order valence-corrected chi connectivity index (χ0v) is 17.2. The number of urea groups is 1. The van der Waals surface area contributed by atoms with Gasteiger partial charge in [0.15, 0.2) is 11.5 Å². The molecule has 0 spiro atoms. The van der Waals surface area contributed by atoms with Crippen LogP contribution in [-0.2, 0) is 0 Å². The summed E-state index contributed by atoms with van der Waals surface area (Å²) in [7, 11) is 4.55. The Morgan fingerprint density at radius 3 is 2.23 bits per heavy atom. The van der Waals surface area contributed by atoms with Crippen molar-refractivity contribution in [1.29, 1.82) is 0 Å². The first kappa shape index (κ1) is 20.0. The van der Waals surface area contributed by atoms with E-state index in [1.807, 2.05) is 47.1 Å². The van der Waals surface area contributed by atoms with Crippen LogP contribution in [0.15, 0.2) is 61.1 Å². The molecule has 0 saturated carbocycles. The van der Waals surface area contributed by atoms with Crippen molar-refractivity contribution in [3.05, 3.63) is 61.1 Å². The molecule has 2 N–H and O–H groups in total. The lowest BCUT2D eigenvalue weighted by atomic mass is 10.1. The number of ether oxygens (including phenoxy) is 3. The summed E-state index contributed by atoms with van der Waals surface area (Å²) in [6.07, 6.45) is 5.50. The molecule has 4 rings (SSSR count). The minimum atomic E-state index is -0.404. The number of fused-ring (bicyclic) bond motifs is 1. The van der Waals surface area contributed by atoms with Crippen molar-refractivity contribution in [2.75, 3.05) is 32.0 Å². The molecule has 0 unspecified atom stereocenters. The van der Waals surface area contributed by atoms with E-state index >= 15 is 0 Å². The summed E-state index contributed by atoms with van der Waals surface area (Å²) in [6.45, 7) is 0. The Bertz CT molecular complexity index is 1160. The molecule has 158 valence electrons. The average Bonchev–Trinajstić information content (AvgIpc) is 3.23. The molecule has 31 heavy (non-hydrogen) atoms. The van der Waals surface area contributed by atoms with Crippen LogP contribution < -0.4 is 24.8 Å². The number of nitrogens with one attached hydrogen (secondary N) is 2. The third-order valence-corrected chi connectivity index (χ3v) is 4.60. The normalized spacial score (nSPS) is 10.5. The van der Waals surface area contributed by atoms with Crippen LogP contribution in [0.1, 0.15) is 0 Å². The topological polar surface area (TPSA) is 99.0 Å². The van der Waals surface area contributed by atoms with Crippen LogP contribution in [0.4, 0.5) is 16.2 Å². The summed E-state index contributed by atoms with van der Waals surface area (Å²) in [5, 5.41) is 5.56. The Hall–Kier alpha value is -4.27. The Balaban J connectivity index is 1.46. The van der Waals surface area contributed by atoms with Crippen LogP contribution in [-0.4, -0.2) is 41.7 Å². The fourth-order valence-corrected chi connectivity index (χ4v) is 3.14. The minimum absolute atomic E-state index is 0.404. The molecule has 4 aromatic rings. The standard InChI is InChI=1S/C22H21N5O4/c1-29-18-11-16(12-19(30-2)20(18)31-3)25-22(28)24-15-7-5-14(6-8-15)17-13-27-10-4-9-23-21(27)26-17/h4-13H,1-3H3,(H2,24,25,28). The van der Waals surface area contributed by atoms with Crippen LogP contribution in [0.5, 0.6) is 17.2 Å². The third-order valence-electron chi connectivity index (χ3n) is 4.60. The molecular weight excluding hydrogens is 398 g/mol. The van der Waals surface area contributed by atoms with Gasteiger partial charge in [-0.15, -0.1) is 0 Å². The molecule has 2 amide bonds. The molecule has 0 saturated heterocycles. The Morgan fingerprint density at radius 2 is 1.61 bits per heavy atom. The Morgan fingerprint density at radius 1 is 0.935 bits per heavy atom. The van der Waals surface area contributed by atoms with Crippen molar-refractivity contribution in [3.63, 3.8) is 0 Å². The molecule has 0 atom stereocenters. The van der Waals surface area contributed by atoms with Gasteiger partial charge in [0.05, 0.1) is 32.7 Å². The van der Waals surface area contributed by atoms with Crippen molar-refractivity contribution < 1.29 is 19.0 Å². The monoisotopic (exact) mass is 419 g/mol. The molecule has 0 aliphatic heterocycles. The number of imidazole rings is 1. The van der Waals surface area contributed by atoms with Gasteiger partial charge in [0.25, 0.3) is 0 Å². The molecule has 9 nitrogen and oxygen atoms in total. The largest absolute Gasteiger partial charge is 0.493 e. The summed E-state index contributed by atoms with van der Waals surface area (Å²) >= 11 is 0. The molecule has 0 bridgehead atoms. The highest BCUT2D eigenvalue weighted by Gasteiger charge is 2.14. The second-order valence-corrected chi connectivity index (χ2v) is 6.52. The van der Waals surface area contributed by atoms with E-state index in [9.17, 15) is 4.79 Å². The number of hydrogen-bond donors (Lipinski definition) is 2. The van der Waals surface area contributed by atoms with Crippen molar-refractivity contribution in [2.24, 2.45) is 0 Å². The third kappa shape index (κ3) is 4.20. The number of anilines is 2. The SMILES string of the molecule is COc1cc(NC(=O)Nc2ccc(-c3cn4cccnc4n3)cc2)cc(OC)c1OC. The first-order valence-corrected chi connectivity index (χ1v) is 9.39. The van der Waals surface area contributed by atoms with Crippen LogP contribution >= 0.6 is 0 Å². The maximum atomic E-state index is 12.4. The van der Waals surface area contributed by atoms with Gasteiger partial charge in [-0.1, -0.05) is 12.1 Å². The van der Waals surface area contributed by atoms with E-state index in [1.54, 1.807) is 18.3 Å². The van der Waals surface area contributed by atoms with E-state index in [2.05, 4.69) is 20.6 Å². The first-order chi connectivity index (χ1) is 15.1. The maximum absolute atomic E-state index is 12.4. The van der Waals surface area contributed by atoms with Gasteiger partial charge in [-0.2, -0.15) is 0 Å². The molecule has 2 aromatic carbocycles. The molecule has 2 heterocycles. The fraction of sp³-hybridized carbons (Fsp3) is 0.136. The number of amides is 2. The quantitative estimate of drug-likeness (QED) is 0.489. The molecule has 0 fully saturated rings. The second kappa shape index (κ2) is 8.62. The van der Waals surface area contributed by atoms with E-state index in [0.717, 1.165) is 11.3 Å². The number of benzene rings is 2. The lowest BCUT2D eigenvalue weighted by molar-refractivity contribution is 0.262. The number of carbonyl (C=O) groups is 1. The maximum Gasteiger partial charge on any atom is 0.323 e. The van der Waals surface area contributed by atoms with Crippen molar-refractivity contribution in [2.45, 2.75) is 0 Å². The summed E-state index contributed by atoms with van der Waals surface area (Å²) in [4.78, 5) is 21.2. The molecular formula is C22H21N5O4. The van der Waals surface area contributed by atoms with E-state index in [-0.39, 0.29) is 0 Å². The highest BCUT2D eigenvalue weighted by molar-refractivity contribution is 6.00. The number of hydrogen-bond acceptors (Lipinski definition) is 6. The summed E-state index contributed by atoms with van der Waals surface area (Å²) in [6, 6.07) is 12.1. The van der Waals surface area contributed by atoms with Crippen LogP contribution in [0, 0.1) is 0 Å². The van der Waals surface area contributed by atoms with Crippen molar-refractivity contribution in [3.8, 4) is 28.5 Å². The van der Waals surface area contributed by atoms with Gasteiger partial charge >= 0.3 is 6.03 Å². The minimum Gasteiger partial charge on any atom is -0.493 e. The van der Waals surface area contributed by atoms with Gasteiger partial charge in [-0.25, -0.2) is 14.8 Å². The number of carbonyl (C=O) groups excluding carboxylic acids is 1. The fourth-order valence-electron chi connectivity index (χ4n) is 3.14. The van der Waals surface area contributed by atoms with Crippen molar-refractivity contribution >= 4 is 23.2 Å². The van der Waals surface area contributed by atoms with Crippen LogP contribution in [0.2, 0.25) is 0 Å². The van der Waals surface area contributed by atoms with Gasteiger partial charge in [-0.05, 0) is 18.2 Å². The molecule has 0 radical (unpaired) electrons. The average molecular weight is 419 g/mol. The number of rotatable bonds is 6. The van der Waals surface area contributed by atoms with Crippen LogP contribution in [0.3, 0.4) is 0 Å². The first-order valence-electron chi connectivity index (χ1n) is 9.39. The predicted octanol–water partition coefficient (Wildman–Crippen LogP) is 4.07. The van der Waals surface area contributed by atoms with Gasteiger partial charge in [-0.3, -0.25) is 4.40 Å². The van der Waals surface area contributed by atoms with Crippen LogP contribution in [0.25, 0.3) is 17.0 Å². The second-order valence-electron chi connectivity index (χ2n) is 6.52. The molecule has 0 aliphatic rings. The Kier molecular flexibility index (Phi) is 5.57. The smallest absolute Gasteiger partial charge is 0.323 e. The van der Waals surface area contributed by atoms with Gasteiger partial charge in [0.1, 0.15) is 0 Å². The highest BCUT2D eigenvalue weighted by Crippen LogP contribution is 2.39. The van der Waals surface area contributed by atoms with Crippen molar-refractivity contribution in [1.82, 2.24) is 14.4 Å². The van der Waals surface area contributed by atoms with E-state index in [0.29, 0.717) is 34.4 Å². The van der Waals surface area contributed by atoms with E-state index < -0.39 is 6.03 Å². The van der Waals surface area contributed by atoms with E-state index in [1.165, 1.54) is 21.3 Å². The number of nitrogens with zero attached hydrogens (tertiary/aromatic N) is 3. The summed E-state index contributed by atoms with van der Waals surface area (Å²) < 4.78 is 17.8. The zero-order chi connectivity index (χ0) is 21.8. The number of methoxy groups -OCH3 is 3. The number of aromatic nitrogens is 3. The lowest BCUT2D eigenvalue weighted by Crippen LogP contribution is -2.19. The van der Waals surface area contributed by atoms with Gasteiger partial charge in [0.2, 0.25) is 11.5 Å². The molecule has 2 aromatic heterocycles. The van der Waals surface area contributed by atoms with E-state index in [4.69, 9.17) is 14.2 Å². The zero-order valence-electron chi connectivity index (χ0n) is 17.2. The van der Waals surface area contributed by atoms with Gasteiger partial charge < -0.3 is 24.8 Å². The highest BCUT2D eigenvalue weighted by atomic mass is 16.5. The molecule has 0 aliphatic carbocycles. The summed E-state index contributed by atoms with van der Waals surface area (Å²) in [5.74, 6) is 1.98. The Labute approximate surface area is 178 Å². The lowest BCUT2D eigenvalue weighted by Gasteiger charge is -2.15. The molecule has 9 heteroatoms. The van der Waals surface area contributed by atoms with Gasteiger partial charge in [0, 0.05) is 42.0 Å². The summed E-state index contributed by atoms with van der Waals surface area (Å²) in [5.41, 5.74) is 2.85. The predicted molar refractivity (Wildman–Crippen MR) is 117 cm³/mol.